The molecule has 0 amide bonds. The minimum absolute atomic E-state index is 0.0690. The van der Waals surface area contributed by atoms with Crippen molar-refractivity contribution in [2.75, 3.05) is 6.61 Å². The second kappa shape index (κ2) is 5.12. The molecular formula is C12H18O2Si. The Morgan fingerprint density at radius 2 is 1.93 bits per heavy atom. The van der Waals surface area contributed by atoms with Gasteiger partial charge in [-0.05, 0) is 6.92 Å². The minimum atomic E-state index is -0.626. The maximum absolute atomic E-state index is 11.7. The fourth-order valence-electron chi connectivity index (χ4n) is 1.50. The first-order valence-corrected chi connectivity index (χ1v) is 6.69. The van der Waals surface area contributed by atoms with Gasteiger partial charge in [-0.25, -0.2) is 0 Å². The lowest BCUT2D eigenvalue weighted by atomic mass is 10.2. The van der Waals surface area contributed by atoms with E-state index < -0.39 is 9.52 Å². The van der Waals surface area contributed by atoms with Gasteiger partial charge in [-0.1, -0.05) is 49.4 Å². The van der Waals surface area contributed by atoms with Crippen molar-refractivity contribution in [2.45, 2.75) is 25.8 Å². The van der Waals surface area contributed by atoms with Crippen LogP contribution in [0, 0.1) is 0 Å². The van der Waals surface area contributed by atoms with Crippen LogP contribution < -0.4 is 5.19 Å². The van der Waals surface area contributed by atoms with Crippen LogP contribution in [0.15, 0.2) is 30.3 Å². The molecule has 0 aliphatic rings. The molecule has 0 aliphatic carbocycles. The van der Waals surface area contributed by atoms with E-state index in [1.165, 1.54) is 5.19 Å². The molecule has 2 nitrogen and oxygen atoms in total. The summed E-state index contributed by atoms with van der Waals surface area (Å²) in [4.78, 5) is 11.7. The third-order valence-corrected chi connectivity index (χ3v) is 4.37. The number of carbonyl (C=O) groups is 1. The summed E-state index contributed by atoms with van der Waals surface area (Å²) in [7, 11) is -0.626. The normalized spacial score (nSPS) is 11.9. The number of ether oxygens (including phenoxy) is 1. The van der Waals surface area contributed by atoms with E-state index in [9.17, 15) is 4.79 Å². The van der Waals surface area contributed by atoms with Crippen LogP contribution in [-0.4, -0.2) is 22.1 Å². The van der Waals surface area contributed by atoms with E-state index in [-0.39, 0.29) is 11.0 Å². The molecule has 0 saturated carbocycles. The van der Waals surface area contributed by atoms with Gasteiger partial charge < -0.3 is 4.74 Å². The molecule has 1 aromatic rings. The van der Waals surface area contributed by atoms with E-state index in [0.717, 1.165) is 0 Å². The number of hydrogen-bond acceptors (Lipinski definition) is 2. The van der Waals surface area contributed by atoms with Gasteiger partial charge in [0.1, 0.15) is 0 Å². The quantitative estimate of drug-likeness (QED) is 0.566. The highest BCUT2D eigenvalue weighted by Gasteiger charge is 2.29. The average molecular weight is 222 g/mol. The zero-order chi connectivity index (χ0) is 11.3. The summed E-state index contributed by atoms with van der Waals surface area (Å²) in [5, 5.41) is 0.993. The lowest BCUT2D eigenvalue weighted by Gasteiger charge is -2.21. The van der Waals surface area contributed by atoms with Crippen LogP contribution in [0.2, 0.25) is 5.04 Å². The highest BCUT2D eigenvalue weighted by molar-refractivity contribution is 6.60. The van der Waals surface area contributed by atoms with Gasteiger partial charge in [-0.3, -0.25) is 4.79 Å². The van der Waals surface area contributed by atoms with Crippen molar-refractivity contribution in [3.63, 3.8) is 0 Å². The fourth-order valence-corrected chi connectivity index (χ4v) is 3.28. The topological polar surface area (TPSA) is 26.3 Å². The molecule has 0 atom stereocenters. The smallest absolute Gasteiger partial charge is 0.308 e. The predicted molar refractivity (Wildman–Crippen MR) is 65.3 cm³/mol. The lowest BCUT2D eigenvalue weighted by molar-refractivity contribution is -0.145. The number of esters is 1. The highest BCUT2D eigenvalue weighted by Crippen LogP contribution is 2.23. The molecule has 0 unspecified atom stereocenters. The highest BCUT2D eigenvalue weighted by atomic mass is 28.2. The van der Waals surface area contributed by atoms with Crippen LogP contribution in [0.3, 0.4) is 0 Å². The third kappa shape index (κ3) is 3.51. The van der Waals surface area contributed by atoms with Crippen molar-refractivity contribution >= 4 is 20.7 Å². The predicted octanol–water partition coefficient (Wildman–Crippen LogP) is 1.24. The molecule has 15 heavy (non-hydrogen) atoms. The van der Waals surface area contributed by atoms with Crippen LogP contribution >= 0.6 is 0 Å². The summed E-state index contributed by atoms with van der Waals surface area (Å²) in [5.41, 5.74) is 0. The molecule has 0 aliphatic heterocycles. The van der Waals surface area contributed by atoms with Crippen LogP contribution in [0.4, 0.5) is 0 Å². The number of rotatable bonds is 4. The first-order valence-electron chi connectivity index (χ1n) is 5.27. The Labute approximate surface area is 93.5 Å². The zero-order valence-corrected chi connectivity index (χ0v) is 11.0. The molecule has 1 rings (SSSR count). The SMILES string of the molecule is CCOC(=O)C(C)(C)[SiH2]c1ccccc1. The standard InChI is InChI=1S/C12H18O2Si/c1-4-14-11(13)12(2,3)15-10-8-6-5-7-9-10/h5-9H,4,15H2,1-3H3. The minimum Gasteiger partial charge on any atom is -0.466 e. The van der Waals surface area contributed by atoms with Gasteiger partial charge >= 0.3 is 5.97 Å². The molecule has 0 aromatic heterocycles. The van der Waals surface area contributed by atoms with E-state index in [1.54, 1.807) is 0 Å². The number of carbonyl (C=O) groups excluding carboxylic acids is 1. The van der Waals surface area contributed by atoms with Crippen molar-refractivity contribution in [2.24, 2.45) is 0 Å². The third-order valence-electron chi connectivity index (χ3n) is 2.32. The summed E-state index contributed by atoms with van der Waals surface area (Å²) in [6, 6.07) is 10.2. The van der Waals surface area contributed by atoms with Crippen LogP contribution in [0.1, 0.15) is 20.8 Å². The van der Waals surface area contributed by atoms with Gasteiger partial charge in [0, 0.05) is 0 Å². The van der Waals surface area contributed by atoms with Gasteiger partial charge in [-0.2, -0.15) is 0 Å². The molecule has 0 fully saturated rings. The molecular weight excluding hydrogens is 204 g/mol. The molecule has 0 saturated heterocycles. The average Bonchev–Trinajstić information content (AvgIpc) is 2.19. The Bertz CT molecular complexity index is 320. The van der Waals surface area contributed by atoms with E-state index in [0.29, 0.717) is 6.61 Å². The summed E-state index contributed by atoms with van der Waals surface area (Å²) in [6.45, 7) is 6.26. The first-order chi connectivity index (χ1) is 7.06. The molecule has 0 bridgehead atoms. The van der Waals surface area contributed by atoms with Crippen molar-refractivity contribution in [3.05, 3.63) is 30.3 Å². The molecule has 0 N–H and O–H groups in total. The Morgan fingerprint density at radius 3 is 2.47 bits per heavy atom. The van der Waals surface area contributed by atoms with Crippen LogP contribution in [0.25, 0.3) is 0 Å². The molecule has 3 heteroatoms. The van der Waals surface area contributed by atoms with Crippen LogP contribution in [-0.2, 0) is 9.53 Å². The fraction of sp³-hybridized carbons (Fsp3) is 0.417. The van der Waals surface area contributed by atoms with Gasteiger partial charge in [0.2, 0.25) is 0 Å². The van der Waals surface area contributed by atoms with Gasteiger partial charge in [0.15, 0.2) is 0 Å². The molecule has 1 aromatic carbocycles. The van der Waals surface area contributed by atoms with Gasteiger partial charge in [0.25, 0.3) is 0 Å². The van der Waals surface area contributed by atoms with E-state index >= 15 is 0 Å². The molecule has 82 valence electrons. The molecule has 0 spiro atoms. The maximum Gasteiger partial charge on any atom is 0.308 e. The largest absolute Gasteiger partial charge is 0.466 e. The van der Waals surface area contributed by atoms with Crippen molar-refractivity contribution in [1.82, 2.24) is 0 Å². The van der Waals surface area contributed by atoms with Gasteiger partial charge in [0.05, 0.1) is 21.2 Å². The van der Waals surface area contributed by atoms with Gasteiger partial charge in [-0.15, -0.1) is 0 Å². The lowest BCUT2D eigenvalue weighted by Crippen LogP contribution is -2.33. The monoisotopic (exact) mass is 222 g/mol. The van der Waals surface area contributed by atoms with Crippen molar-refractivity contribution in [1.29, 1.82) is 0 Å². The van der Waals surface area contributed by atoms with Crippen molar-refractivity contribution < 1.29 is 9.53 Å². The summed E-state index contributed by atoms with van der Waals surface area (Å²) < 4.78 is 5.07. The second-order valence-corrected chi connectivity index (χ2v) is 7.20. The maximum atomic E-state index is 11.7. The Kier molecular flexibility index (Phi) is 4.09. The summed E-state index contributed by atoms with van der Waals surface area (Å²) >= 11 is 0. The summed E-state index contributed by atoms with van der Waals surface area (Å²) in [6.07, 6.45) is 0. The van der Waals surface area contributed by atoms with E-state index in [1.807, 2.05) is 39.0 Å². The first kappa shape index (κ1) is 12.0. The molecule has 0 heterocycles. The Balaban J connectivity index is 2.68. The van der Waals surface area contributed by atoms with E-state index in [4.69, 9.17) is 4.74 Å². The number of hydrogen-bond donors (Lipinski definition) is 0. The summed E-state index contributed by atoms with van der Waals surface area (Å²) in [5.74, 6) is -0.0690. The number of benzene rings is 1. The Morgan fingerprint density at radius 1 is 1.33 bits per heavy atom. The van der Waals surface area contributed by atoms with Crippen LogP contribution in [0.5, 0.6) is 0 Å². The van der Waals surface area contributed by atoms with Crippen molar-refractivity contribution in [3.8, 4) is 0 Å². The zero-order valence-electron chi connectivity index (χ0n) is 9.62. The second-order valence-electron chi connectivity index (χ2n) is 4.27. The Hall–Kier alpha value is -1.09. The van der Waals surface area contributed by atoms with E-state index in [2.05, 4.69) is 12.1 Å². The molecule has 0 radical (unpaired) electrons.